The lowest BCUT2D eigenvalue weighted by atomic mass is 9.75. The molecule has 1 fully saturated rings. The van der Waals surface area contributed by atoms with Crippen LogP contribution in [0.4, 0.5) is 4.39 Å². The fourth-order valence-corrected chi connectivity index (χ4v) is 2.72. The molecule has 0 spiro atoms. The Morgan fingerprint density at radius 3 is 2.38 bits per heavy atom. The highest BCUT2D eigenvalue weighted by Gasteiger charge is 2.46. The van der Waals surface area contributed by atoms with Crippen molar-refractivity contribution in [2.75, 3.05) is 20.6 Å². The minimum absolute atomic E-state index is 0.0545. The molecule has 116 valence electrons. The molecule has 0 heterocycles. The number of carbonyl (C=O) groups excluding carboxylic acids is 1. The third-order valence-electron chi connectivity index (χ3n) is 4.52. The van der Waals surface area contributed by atoms with E-state index >= 15 is 0 Å². The van der Waals surface area contributed by atoms with E-state index in [-0.39, 0.29) is 18.3 Å². The van der Waals surface area contributed by atoms with Crippen molar-refractivity contribution in [3.63, 3.8) is 0 Å². The van der Waals surface area contributed by atoms with Crippen LogP contribution in [0.2, 0.25) is 0 Å². The van der Waals surface area contributed by atoms with Gasteiger partial charge in [0.2, 0.25) is 5.91 Å². The van der Waals surface area contributed by atoms with E-state index in [2.05, 4.69) is 5.32 Å². The van der Waals surface area contributed by atoms with Crippen molar-refractivity contribution < 1.29 is 14.3 Å². The van der Waals surface area contributed by atoms with Crippen molar-refractivity contribution >= 4 is 5.91 Å². The van der Waals surface area contributed by atoms with Crippen LogP contribution in [0.3, 0.4) is 0 Å². The van der Waals surface area contributed by atoms with Gasteiger partial charge in [0.15, 0.2) is 0 Å². The van der Waals surface area contributed by atoms with Crippen LogP contribution in [0.5, 0.6) is 0 Å². The molecule has 1 amide bonds. The summed E-state index contributed by atoms with van der Waals surface area (Å²) in [6.45, 7) is 1.72. The fourth-order valence-electron chi connectivity index (χ4n) is 2.72. The zero-order valence-electron chi connectivity index (χ0n) is 12.8. The van der Waals surface area contributed by atoms with E-state index in [9.17, 15) is 14.3 Å². The van der Waals surface area contributed by atoms with Gasteiger partial charge in [0.25, 0.3) is 0 Å². The van der Waals surface area contributed by atoms with Gasteiger partial charge in [-0.3, -0.25) is 9.69 Å². The molecule has 0 bridgehead atoms. The number of amides is 1. The minimum Gasteiger partial charge on any atom is -0.384 e. The summed E-state index contributed by atoms with van der Waals surface area (Å²) in [5, 5.41) is 13.3. The van der Waals surface area contributed by atoms with Crippen LogP contribution in [0.15, 0.2) is 24.3 Å². The topological polar surface area (TPSA) is 52.6 Å². The molecule has 1 aliphatic rings. The third-order valence-corrected chi connectivity index (χ3v) is 4.52. The van der Waals surface area contributed by atoms with Crippen LogP contribution in [-0.2, 0) is 10.4 Å². The second-order valence-electron chi connectivity index (χ2n) is 6.24. The van der Waals surface area contributed by atoms with Crippen LogP contribution < -0.4 is 5.32 Å². The first-order chi connectivity index (χ1) is 9.78. The van der Waals surface area contributed by atoms with E-state index in [4.69, 9.17) is 0 Å². The summed E-state index contributed by atoms with van der Waals surface area (Å²) in [5.74, 6) is -0.402. The van der Waals surface area contributed by atoms with E-state index in [0.29, 0.717) is 5.56 Å². The summed E-state index contributed by atoms with van der Waals surface area (Å²) < 4.78 is 12.9. The predicted molar refractivity (Wildman–Crippen MR) is 79.2 cm³/mol. The molecular weight excluding hydrogens is 271 g/mol. The summed E-state index contributed by atoms with van der Waals surface area (Å²) >= 11 is 0. The second kappa shape index (κ2) is 5.73. The highest BCUT2D eigenvalue weighted by Crippen LogP contribution is 2.36. The molecule has 1 aromatic carbocycles. The Bertz CT molecular complexity index is 508. The van der Waals surface area contributed by atoms with Crippen LogP contribution >= 0.6 is 0 Å². The first-order valence-corrected chi connectivity index (χ1v) is 7.22. The Morgan fingerprint density at radius 1 is 1.38 bits per heavy atom. The van der Waals surface area contributed by atoms with E-state index in [0.717, 1.165) is 19.3 Å². The number of benzene rings is 1. The first-order valence-electron chi connectivity index (χ1n) is 7.22. The van der Waals surface area contributed by atoms with Crippen molar-refractivity contribution in [3.05, 3.63) is 35.6 Å². The lowest BCUT2D eigenvalue weighted by Gasteiger charge is -2.45. The zero-order chi connectivity index (χ0) is 15.7. The van der Waals surface area contributed by atoms with Gasteiger partial charge in [-0.2, -0.15) is 0 Å². The van der Waals surface area contributed by atoms with Gasteiger partial charge in [0.05, 0.1) is 12.1 Å². The zero-order valence-corrected chi connectivity index (χ0v) is 12.8. The monoisotopic (exact) mass is 294 g/mol. The van der Waals surface area contributed by atoms with Crippen molar-refractivity contribution in [2.45, 2.75) is 37.3 Å². The molecule has 1 unspecified atom stereocenters. The Balaban J connectivity index is 2.01. The third kappa shape index (κ3) is 3.09. The Morgan fingerprint density at radius 2 is 1.95 bits per heavy atom. The average molecular weight is 294 g/mol. The van der Waals surface area contributed by atoms with Crippen LogP contribution in [0.25, 0.3) is 0 Å². The molecule has 1 saturated carbocycles. The molecular formula is C16H23FN2O2. The number of carbonyl (C=O) groups is 1. The predicted octanol–water partition coefficient (Wildman–Crippen LogP) is 1.63. The van der Waals surface area contributed by atoms with E-state index in [1.165, 1.54) is 24.3 Å². The van der Waals surface area contributed by atoms with E-state index in [1.54, 1.807) is 6.92 Å². The van der Waals surface area contributed by atoms with Crippen molar-refractivity contribution in [2.24, 2.45) is 0 Å². The van der Waals surface area contributed by atoms with Gasteiger partial charge in [-0.1, -0.05) is 12.1 Å². The summed E-state index contributed by atoms with van der Waals surface area (Å²) in [4.78, 5) is 14.3. The van der Waals surface area contributed by atoms with Crippen LogP contribution in [0.1, 0.15) is 31.7 Å². The molecule has 0 aromatic heterocycles. The lowest BCUT2D eigenvalue weighted by Crippen LogP contribution is -2.61. The number of rotatable bonds is 5. The summed E-state index contributed by atoms with van der Waals surface area (Å²) in [6.07, 6.45) is 2.72. The number of nitrogens with zero attached hydrogens (tertiary/aromatic N) is 1. The van der Waals surface area contributed by atoms with Gasteiger partial charge in [-0.15, -0.1) is 0 Å². The van der Waals surface area contributed by atoms with Gasteiger partial charge >= 0.3 is 0 Å². The van der Waals surface area contributed by atoms with Crippen LogP contribution in [-0.4, -0.2) is 42.1 Å². The van der Waals surface area contributed by atoms with Gasteiger partial charge in [0, 0.05) is 0 Å². The molecule has 5 heteroatoms. The standard InChI is InChI=1S/C16H23FN2O2/c1-15(21,12-5-7-13(17)8-6-12)11-18-14(20)16(19(2)3)9-4-10-16/h5-8,21H,4,9-11H2,1-3H3,(H,18,20). The summed E-state index contributed by atoms with van der Waals surface area (Å²) in [5.41, 5.74) is -1.09. The summed E-state index contributed by atoms with van der Waals surface area (Å²) in [7, 11) is 3.80. The minimum atomic E-state index is -1.22. The lowest BCUT2D eigenvalue weighted by molar-refractivity contribution is -0.138. The summed E-state index contributed by atoms with van der Waals surface area (Å²) in [6, 6.07) is 5.68. The molecule has 0 saturated heterocycles. The first kappa shape index (κ1) is 15.9. The highest BCUT2D eigenvalue weighted by molar-refractivity contribution is 5.87. The maximum Gasteiger partial charge on any atom is 0.240 e. The number of hydrogen-bond donors (Lipinski definition) is 2. The maximum absolute atomic E-state index is 12.9. The highest BCUT2D eigenvalue weighted by atomic mass is 19.1. The molecule has 21 heavy (non-hydrogen) atoms. The van der Waals surface area contributed by atoms with E-state index < -0.39 is 11.1 Å². The number of hydrogen-bond acceptors (Lipinski definition) is 3. The fraction of sp³-hybridized carbons (Fsp3) is 0.562. The number of nitrogens with one attached hydrogen (secondary N) is 1. The van der Waals surface area contributed by atoms with Crippen molar-refractivity contribution in [1.29, 1.82) is 0 Å². The van der Waals surface area contributed by atoms with Crippen molar-refractivity contribution in [1.82, 2.24) is 10.2 Å². The molecule has 2 N–H and O–H groups in total. The largest absolute Gasteiger partial charge is 0.384 e. The number of likely N-dealkylation sites (N-methyl/N-ethyl adjacent to an activating group) is 1. The Kier molecular flexibility index (Phi) is 4.35. The molecule has 1 aromatic rings. The van der Waals surface area contributed by atoms with Gasteiger partial charge in [-0.05, 0) is 58.0 Å². The Hall–Kier alpha value is -1.46. The normalized spacial score (nSPS) is 19.7. The quantitative estimate of drug-likeness (QED) is 0.868. The smallest absolute Gasteiger partial charge is 0.240 e. The number of aliphatic hydroxyl groups is 1. The molecule has 1 atom stereocenters. The maximum atomic E-state index is 12.9. The van der Waals surface area contributed by atoms with Gasteiger partial charge < -0.3 is 10.4 Å². The second-order valence-corrected chi connectivity index (χ2v) is 6.24. The molecule has 0 aliphatic heterocycles. The molecule has 2 rings (SSSR count). The SMILES string of the molecule is CN(C)C1(C(=O)NCC(C)(O)c2ccc(F)cc2)CCC1. The van der Waals surface area contributed by atoms with Gasteiger partial charge in [0.1, 0.15) is 11.4 Å². The molecule has 1 aliphatic carbocycles. The van der Waals surface area contributed by atoms with E-state index in [1.807, 2.05) is 19.0 Å². The number of halogens is 1. The van der Waals surface area contributed by atoms with Crippen molar-refractivity contribution in [3.8, 4) is 0 Å². The molecule has 0 radical (unpaired) electrons. The Labute approximate surface area is 125 Å². The van der Waals surface area contributed by atoms with Crippen LogP contribution in [0, 0.1) is 5.82 Å². The molecule has 4 nitrogen and oxygen atoms in total. The average Bonchev–Trinajstić information content (AvgIpc) is 2.35. The van der Waals surface area contributed by atoms with Gasteiger partial charge in [-0.25, -0.2) is 4.39 Å².